The van der Waals surface area contributed by atoms with Crippen LogP contribution in [-0.4, -0.2) is 16.1 Å². The van der Waals surface area contributed by atoms with Crippen LogP contribution in [0.4, 0.5) is 0 Å². The number of phenolic OH excluding ortho intramolecular Hbond substituents is 2. The molecule has 2 aromatic rings. The van der Waals surface area contributed by atoms with E-state index in [1.54, 1.807) is 48.5 Å². The minimum Gasteiger partial charge on any atom is -0.508 e. The van der Waals surface area contributed by atoms with Crippen LogP contribution in [0.3, 0.4) is 0 Å². The number of carbonyl (C=O) groups is 1. The Morgan fingerprint density at radius 3 is 2.37 bits per heavy atom. The molecule has 0 saturated heterocycles. The summed E-state index contributed by atoms with van der Waals surface area (Å²) in [5.41, 5.74) is 1.69. The second-order valence-electron chi connectivity index (χ2n) is 4.29. The SMILES string of the molecule is O=C(Cc1cccc(O)c1)NCc1ccc(O)cc1. The molecule has 0 spiro atoms. The van der Waals surface area contributed by atoms with E-state index < -0.39 is 0 Å². The number of rotatable bonds is 4. The van der Waals surface area contributed by atoms with E-state index in [1.807, 2.05) is 0 Å². The molecule has 0 unspecified atom stereocenters. The number of nitrogens with one attached hydrogen (secondary N) is 1. The lowest BCUT2D eigenvalue weighted by atomic mass is 10.1. The number of aromatic hydroxyl groups is 2. The molecule has 0 aliphatic heterocycles. The van der Waals surface area contributed by atoms with Gasteiger partial charge in [0.05, 0.1) is 6.42 Å². The molecule has 0 saturated carbocycles. The van der Waals surface area contributed by atoms with Gasteiger partial charge in [-0.2, -0.15) is 0 Å². The molecule has 0 bridgehead atoms. The summed E-state index contributed by atoms with van der Waals surface area (Å²) in [4.78, 5) is 11.7. The first-order valence-corrected chi connectivity index (χ1v) is 5.96. The van der Waals surface area contributed by atoms with Crippen molar-refractivity contribution >= 4 is 5.91 Å². The number of carbonyl (C=O) groups excluding carboxylic acids is 1. The van der Waals surface area contributed by atoms with Gasteiger partial charge in [-0.05, 0) is 35.4 Å². The maximum Gasteiger partial charge on any atom is 0.224 e. The number of amides is 1. The predicted octanol–water partition coefficient (Wildman–Crippen LogP) is 1.96. The minimum absolute atomic E-state index is 0.112. The fourth-order valence-electron chi connectivity index (χ4n) is 1.73. The van der Waals surface area contributed by atoms with Gasteiger partial charge in [-0.1, -0.05) is 24.3 Å². The highest BCUT2D eigenvalue weighted by Crippen LogP contribution is 2.12. The number of hydrogen-bond acceptors (Lipinski definition) is 3. The van der Waals surface area contributed by atoms with Crippen molar-refractivity contribution in [1.82, 2.24) is 5.32 Å². The second kappa shape index (κ2) is 5.91. The van der Waals surface area contributed by atoms with Crippen molar-refractivity contribution in [1.29, 1.82) is 0 Å². The lowest BCUT2D eigenvalue weighted by molar-refractivity contribution is -0.120. The second-order valence-corrected chi connectivity index (χ2v) is 4.29. The molecular weight excluding hydrogens is 242 g/mol. The van der Waals surface area contributed by atoms with E-state index in [1.165, 1.54) is 0 Å². The monoisotopic (exact) mass is 257 g/mol. The van der Waals surface area contributed by atoms with Crippen LogP contribution in [0.25, 0.3) is 0 Å². The van der Waals surface area contributed by atoms with Gasteiger partial charge in [-0.3, -0.25) is 4.79 Å². The number of hydrogen-bond donors (Lipinski definition) is 3. The Kier molecular flexibility index (Phi) is 4.03. The van der Waals surface area contributed by atoms with E-state index in [0.717, 1.165) is 11.1 Å². The van der Waals surface area contributed by atoms with Crippen LogP contribution in [0, 0.1) is 0 Å². The summed E-state index contributed by atoms with van der Waals surface area (Å²) < 4.78 is 0. The average Bonchev–Trinajstić information content (AvgIpc) is 2.38. The molecule has 2 aromatic carbocycles. The van der Waals surface area contributed by atoms with Gasteiger partial charge in [0.15, 0.2) is 0 Å². The van der Waals surface area contributed by atoms with E-state index in [4.69, 9.17) is 5.11 Å². The van der Waals surface area contributed by atoms with Gasteiger partial charge >= 0.3 is 0 Å². The molecule has 19 heavy (non-hydrogen) atoms. The quantitative estimate of drug-likeness (QED) is 0.784. The summed E-state index contributed by atoms with van der Waals surface area (Å²) in [7, 11) is 0. The van der Waals surface area contributed by atoms with Crippen molar-refractivity contribution in [3.63, 3.8) is 0 Å². The zero-order valence-corrected chi connectivity index (χ0v) is 10.3. The zero-order valence-electron chi connectivity index (χ0n) is 10.3. The molecule has 3 N–H and O–H groups in total. The van der Waals surface area contributed by atoms with Crippen molar-refractivity contribution in [2.75, 3.05) is 0 Å². The van der Waals surface area contributed by atoms with Crippen LogP contribution in [0.5, 0.6) is 11.5 Å². The van der Waals surface area contributed by atoms with E-state index >= 15 is 0 Å². The van der Waals surface area contributed by atoms with E-state index in [9.17, 15) is 9.90 Å². The molecule has 0 fully saturated rings. The fourth-order valence-corrected chi connectivity index (χ4v) is 1.73. The lowest BCUT2D eigenvalue weighted by Gasteiger charge is -2.06. The summed E-state index contributed by atoms with van der Waals surface area (Å²) in [6, 6.07) is 13.3. The first-order valence-electron chi connectivity index (χ1n) is 5.96. The van der Waals surface area contributed by atoms with E-state index in [0.29, 0.717) is 6.54 Å². The molecule has 1 amide bonds. The third-order valence-electron chi connectivity index (χ3n) is 2.70. The third kappa shape index (κ3) is 4.03. The number of phenols is 2. The molecule has 0 aromatic heterocycles. The summed E-state index contributed by atoms with van der Waals surface area (Å²) >= 11 is 0. The van der Waals surface area contributed by atoms with Gasteiger partial charge in [-0.25, -0.2) is 0 Å². The molecule has 0 radical (unpaired) electrons. The normalized spacial score (nSPS) is 10.1. The van der Waals surface area contributed by atoms with E-state index in [2.05, 4.69) is 5.32 Å². The Morgan fingerprint density at radius 1 is 0.947 bits per heavy atom. The molecule has 98 valence electrons. The van der Waals surface area contributed by atoms with Crippen molar-refractivity contribution in [3.05, 3.63) is 59.7 Å². The smallest absolute Gasteiger partial charge is 0.224 e. The molecular formula is C15H15NO3. The van der Waals surface area contributed by atoms with Gasteiger partial charge in [-0.15, -0.1) is 0 Å². The summed E-state index contributed by atoms with van der Waals surface area (Å²) in [5.74, 6) is 0.248. The maximum absolute atomic E-state index is 11.7. The summed E-state index contributed by atoms with van der Waals surface area (Å²) in [6.07, 6.45) is 0.229. The van der Waals surface area contributed by atoms with Crippen LogP contribution in [0.2, 0.25) is 0 Å². The maximum atomic E-state index is 11.7. The predicted molar refractivity (Wildman–Crippen MR) is 71.8 cm³/mol. The topological polar surface area (TPSA) is 69.6 Å². The Balaban J connectivity index is 1.86. The minimum atomic E-state index is -0.112. The zero-order chi connectivity index (χ0) is 13.7. The first kappa shape index (κ1) is 13.0. The highest BCUT2D eigenvalue weighted by Gasteiger charge is 2.04. The van der Waals surface area contributed by atoms with E-state index in [-0.39, 0.29) is 23.8 Å². The Bertz CT molecular complexity index is 564. The van der Waals surface area contributed by atoms with Crippen molar-refractivity contribution in [2.45, 2.75) is 13.0 Å². The first-order chi connectivity index (χ1) is 9.13. The highest BCUT2D eigenvalue weighted by atomic mass is 16.3. The molecule has 4 heteroatoms. The lowest BCUT2D eigenvalue weighted by Crippen LogP contribution is -2.24. The van der Waals surface area contributed by atoms with Gasteiger partial charge in [0.1, 0.15) is 11.5 Å². The highest BCUT2D eigenvalue weighted by molar-refractivity contribution is 5.78. The fraction of sp³-hybridized carbons (Fsp3) is 0.133. The third-order valence-corrected chi connectivity index (χ3v) is 2.70. The molecule has 0 atom stereocenters. The Morgan fingerprint density at radius 2 is 1.68 bits per heavy atom. The standard InChI is InChI=1S/C15H15NO3/c17-13-6-4-11(5-7-13)10-16-15(19)9-12-2-1-3-14(18)8-12/h1-8,17-18H,9-10H2,(H,16,19). The molecule has 0 heterocycles. The van der Waals surface area contributed by atoms with Crippen LogP contribution in [0.15, 0.2) is 48.5 Å². The van der Waals surface area contributed by atoms with Gasteiger partial charge < -0.3 is 15.5 Å². The van der Waals surface area contributed by atoms with Crippen LogP contribution >= 0.6 is 0 Å². The van der Waals surface area contributed by atoms with Crippen LogP contribution in [0.1, 0.15) is 11.1 Å². The Labute approximate surface area is 111 Å². The summed E-state index contributed by atoms with van der Waals surface area (Å²) in [5, 5.41) is 21.2. The van der Waals surface area contributed by atoms with Gasteiger partial charge in [0, 0.05) is 6.54 Å². The average molecular weight is 257 g/mol. The van der Waals surface area contributed by atoms with Crippen molar-refractivity contribution in [2.24, 2.45) is 0 Å². The summed E-state index contributed by atoms with van der Waals surface area (Å²) in [6.45, 7) is 0.415. The molecule has 4 nitrogen and oxygen atoms in total. The van der Waals surface area contributed by atoms with Crippen LogP contribution in [-0.2, 0) is 17.8 Å². The van der Waals surface area contributed by atoms with Crippen molar-refractivity contribution < 1.29 is 15.0 Å². The molecule has 0 aliphatic carbocycles. The largest absolute Gasteiger partial charge is 0.508 e. The van der Waals surface area contributed by atoms with Crippen molar-refractivity contribution in [3.8, 4) is 11.5 Å². The Hall–Kier alpha value is -2.49. The van der Waals surface area contributed by atoms with Gasteiger partial charge in [0.25, 0.3) is 0 Å². The van der Waals surface area contributed by atoms with Gasteiger partial charge in [0.2, 0.25) is 5.91 Å². The van der Waals surface area contributed by atoms with Crippen LogP contribution < -0.4 is 5.32 Å². The molecule has 0 aliphatic rings. The molecule has 2 rings (SSSR count). The number of benzene rings is 2.